The third-order valence-corrected chi connectivity index (χ3v) is 3.61. The minimum Gasteiger partial charge on any atom is -0.394 e. The van der Waals surface area contributed by atoms with E-state index in [4.69, 9.17) is 21.3 Å². The molecule has 10 heteroatoms. The van der Waals surface area contributed by atoms with Crippen molar-refractivity contribution in [1.29, 1.82) is 0 Å². The molecule has 0 bridgehead atoms. The summed E-state index contributed by atoms with van der Waals surface area (Å²) in [5, 5.41) is 28.9. The second kappa shape index (κ2) is 4.46. The van der Waals surface area contributed by atoms with Gasteiger partial charge >= 0.3 is 0 Å². The van der Waals surface area contributed by atoms with Gasteiger partial charge < -0.3 is 25.8 Å². The molecule has 0 aromatic carbocycles. The Kier molecular flexibility index (Phi) is 2.99. The Labute approximate surface area is 114 Å². The van der Waals surface area contributed by atoms with Gasteiger partial charge in [0.25, 0.3) is 0 Å². The van der Waals surface area contributed by atoms with Crippen molar-refractivity contribution in [3.63, 3.8) is 0 Å². The Bertz CT molecular complexity index is 508. The third kappa shape index (κ3) is 1.66. The van der Waals surface area contributed by atoms with Crippen LogP contribution in [0.4, 0.5) is 0 Å². The number of aliphatic imine (C=N–C) groups is 3. The predicted octanol–water partition coefficient (Wildman–Crippen LogP) is -3.85. The van der Waals surface area contributed by atoms with E-state index < -0.39 is 36.8 Å². The number of nitrogens with two attached hydrogens (primary N) is 2. The number of ether oxygens (including phenoxy) is 1. The maximum Gasteiger partial charge on any atom is 0.225 e. The zero-order valence-corrected chi connectivity index (χ0v) is 10.5. The van der Waals surface area contributed by atoms with Crippen molar-refractivity contribution in [3.05, 3.63) is 0 Å². The first kappa shape index (κ1) is 13.4. The van der Waals surface area contributed by atoms with Crippen LogP contribution >= 0.6 is 0 Å². The molecule has 1 fully saturated rings. The molecule has 0 aliphatic carbocycles. The van der Waals surface area contributed by atoms with Gasteiger partial charge in [-0.1, -0.05) is 0 Å². The summed E-state index contributed by atoms with van der Waals surface area (Å²) in [5.41, 5.74) is 10.4. The average Bonchev–Trinajstić information content (AvgIpc) is 2.91. The first-order valence-electron chi connectivity index (χ1n) is 6.09. The smallest absolute Gasteiger partial charge is 0.225 e. The van der Waals surface area contributed by atoms with Crippen LogP contribution in [0.15, 0.2) is 15.0 Å². The Morgan fingerprint density at radius 2 is 2.15 bits per heavy atom. The topological polar surface area (TPSA) is 162 Å². The second-order valence-corrected chi connectivity index (χ2v) is 4.81. The highest BCUT2D eigenvalue weighted by Gasteiger charge is 2.52. The van der Waals surface area contributed by atoms with Crippen LogP contribution in [0.5, 0.6) is 0 Å². The molecule has 3 aliphatic heterocycles. The van der Waals surface area contributed by atoms with Crippen LogP contribution in [0.1, 0.15) is 0 Å². The molecule has 1 unspecified atom stereocenters. The quantitative estimate of drug-likeness (QED) is 0.346. The number of rotatable bonds is 2. The Balaban J connectivity index is 1.87. The van der Waals surface area contributed by atoms with Gasteiger partial charge in [0.15, 0.2) is 12.1 Å². The van der Waals surface area contributed by atoms with Gasteiger partial charge in [0, 0.05) is 0 Å². The molecule has 3 rings (SSSR count). The van der Waals surface area contributed by atoms with Crippen LogP contribution in [0, 0.1) is 0 Å². The van der Waals surface area contributed by atoms with Gasteiger partial charge in [-0.05, 0) is 0 Å². The molecular formula is C10H16N6O4. The van der Waals surface area contributed by atoms with Gasteiger partial charge in [0.1, 0.15) is 30.8 Å². The van der Waals surface area contributed by atoms with Crippen molar-refractivity contribution in [2.45, 2.75) is 30.2 Å². The number of aliphatic hydroxyl groups is 3. The van der Waals surface area contributed by atoms with E-state index in [2.05, 4.69) is 15.0 Å². The van der Waals surface area contributed by atoms with Gasteiger partial charge in [-0.2, -0.15) is 0 Å². The molecule has 0 radical (unpaired) electrons. The standard InChI is InChI=1S/C10H16N6O4/c11-8-10(12)9(14-2-13-8)16(3-15-10)7-6(19)5(18)4(1-17)20-7/h3-7,17-19H,1-2,12H2,(H2,11,13)/t4-,5-,6-,7-,10?/m1/s1. The molecule has 5 atom stereocenters. The number of nitrogens with zero attached hydrogens (tertiary/aromatic N) is 4. The van der Waals surface area contributed by atoms with Crippen molar-refractivity contribution < 1.29 is 20.1 Å². The summed E-state index contributed by atoms with van der Waals surface area (Å²) in [6, 6.07) is 0. The van der Waals surface area contributed by atoms with Gasteiger partial charge in [-0.15, -0.1) is 0 Å². The minimum absolute atomic E-state index is 0.106. The normalized spacial score (nSPS) is 43.5. The van der Waals surface area contributed by atoms with Crippen LogP contribution in [0.2, 0.25) is 0 Å². The fourth-order valence-corrected chi connectivity index (χ4v) is 2.44. The Morgan fingerprint density at radius 1 is 1.40 bits per heavy atom. The molecule has 110 valence electrons. The summed E-state index contributed by atoms with van der Waals surface area (Å²) in [6.07, 6.45) is -2.93. The molecule has 20 heavy (non-hydrogen) atoms. The van der Waals surface area contributed by atoms with E-state index in [0.717, 1.165) is 0 Å². The number of hydrogen-bond acceptors (Lipinski definition) is 10. The van der Waals surface area contributed by atoms with Gasteiger partial charge in [-0.3, -0.25) is 10.6 Å². The van der Waals surface area contributed by atoms with Crippen LogP contribution in [0.25, 0.3) is 0 Å². The SMILES string of the molecule is NC1=NCN=C2N([C@@H]3O[C@H](CO)[C@@H](O)[C@H]3O)C=NC12N. The number of hydrogen-bond donors (Lipinski definition) is 5. The lowest BCUT2D eigenvalue weighted by molar-refractivity contribution is -0.0512. The van der Waals surface area contributed by atoms with E-state index in [-0.39, 0.29) is 12.5 Å². The summed E-state index contributed by atoms with van der Waals surface area (Å²) in [5.74, 6) is 0.410. The van der Waals surface area contributed by atoms with Crippen LogP contribution < -0.4 is 11.5 Å². The fraction of sp³-hybridized carbons (Fsp3) is 0.700. The van der Waals surface area contributed by atoms with E-state index in [1.165, 1.54) is 11.2 Å². The summed E-state index contributed by atoms with van der Waals surface area (Å²) in [7, 11) is 0. The van der Waals surface area contributed by atoms with Gasteiger partial charge in [0.05, 0.1) is 12.9 Å². The van der Waals surface area contributed by atoms with Crippen molar-refractivity contribution in [2.75, 3.05) is 13.3 Å². The zero-order chi connectivity index (χ0) is 14.5. The predicted molar refractivity (Wildman–Crippen MR) is 68.9 cm³/mol. The molecule has 7 N–H and O–H groups in total. The number of fused-ring (bicyclic) bond motifs is 1. The van der Waals surface area contributed by atoms with Crippen molar-refractivity contribution in [2.24, 2.45) is 26.4 Å². The second-order valence-electron chi connectivity index (χ2n) is 4.81. The lowest BCUT2D eigenvalue weighted by Crippen LogP contribution is -2.61. The van der Waals surface area contributed by atoms with Gasteiger partial charge in [-0.25, -0.2) is 15.0 Å². The first-order valence-corrected chi connectivity index (χ1v) is 6.09. The van der Waals surface area contributed by atoms with Crippen molar-refractivity contribution in [3.8, 4) is 0 Å². The summed E-state index contributed by atoms with van der Waals surface area (Å²) >= 11 is 0. The molecule has 10 nitrogen and oxygen atoms in total. The summed E-state index contributed by atoms with van der Waals surface area (Å²) < 4.78 is 5.42. The van der Waals surface area contributed by atoms with E-state index in [0.29, 0.717) is 5.84 Å². The van der Waals surface area contributed by atoms with E-state index in [9.17, 15) is 10.2 Å². The molecule has 3 heterocycles. The molecule has 1 saturated heterocycles. The van der Waals surface area contributed by atoms with Crippen LogP contribution in [0.3, 0.4) is 0 Å². The largest absolute Gasteiger partial charge is 0.394 e. The molecule has 0 aromatic heterocycles. The molecule has 0 amide bonds. The number of amidine groups is 2. The van der Waals surface area contributed by atoms with E-state index in [1.54, 1.807) is 0 Å². The monoisotopic (exact) mass is 284 g/mol. The summed E-state index contributed by atoms with van der Waals surface area (Å²) in [6.45, 7) is -0.307. The fourth-order valence-electron chi connectivity index (χ4n) is 2.44. The molecule has 0 spiro atoms. The zero-order valence-electron chi connectivity index (χ0n) is 10.5. The molecule has 0 aromatic rings. The maximum atomic E-state index is 10.0. The molecule has 0 saturated carbocycles. The van der Waals surface area contributed by atoms with Crippen molar-refractivity contribution in [1.82, 2.24) is 4.90 Å². The summed E-state index contributed by atoms with van der Waals surface area (Å²) in [4.78, 5) is 13.5. The lowest BCUT2D eigenvalue weighted by Gasteiger charge is -2.31. The Hall–Kier alpha value is -1.59. The average molecular weight is 284 g/mol. The highest BCUT2D eigenvalue weighted by Crippen LogP contribution is 2.29. The highest BCUT2D eigenvalue weighted by molar-refractivity contribution is 6.20. The highest BCUT2D eigenvalue weighted by atomic mass is 16.6. The lowest BCUT2D eigenvalue weighted by atomic mass is 10.1. The van der Waals surface area contributed by atoms with E-state index >= 15 is 0 Å². The first-order chi connectivity index (χ1) is 9.49. The van der Waals surface area contributed by atoms with Crippen LogP contribution in [-0.2, 0) is 4.74 Å². The molecular weight excluding hydrogens is 268 g/mol. The Morgan fingerprint density at radius 3 is 2.80 bits per heavy atom. The van der Waals surface area contributed by atoms with E-state index in [1.807, 2.05) is 0 Å². The van der Waals surface area contributed by atoms with Crippen molar-refractivity contribution >= 4 is 18.0 Å². The third-order valence-electron chi connectivity index (χ3n) is 3.61. The number of aliphatic hydroxyl groups excluding tert-OH is 3. The minimum atomic E-state index is -1.37. The maximum absolute atomic E-state index is 10.0. The molecule has 3 aliphatic rings. The van der Waals surface area contributed by atoms with Crippen LogP contribution in [-0.4, -0.2) is 81.7 Å². The van der Waals surface area contributed by atoms with Gasteiger partial charge in [0.2, 0.25) is 5.66 Å².